The van der Waals surface area contributed by atoms with Crippen molar-refractivity contribution in [2.75, 3.05) is 13.1 Å². The van der Waals surface area contributed by atoms with Crippen LogP contribution in [-0.2, 0) is 10.2 Å². The Morgan fingerprint density at radius 1 is 1.00 bits per heavy atom. The molecule has 0 radical (unpaired) electrons. The number of rotatable bonds is 3. The van der Waals surface area contributed by atoms with Gasteiger partial charge in [0.15, 0.2) is 5.17 Å². The fraction of sp³-hybridized carbons (Fsp3) is 0.556. The van der Waals surface area contributed by atoms with E-state index in [1.54, 1.807) is 0 Å². The van der Waals surface area contributed by atoms with Gasteiger partial charge in [0.05, 0.1) is 4.91 Å². The number of likely N-dealkylation sites (tertiary alicyclic amines) is 1. The third-order valence-corrected chi connectivity index (χ3v) is 9.63. The summed E-state index contributed by atoms with van der Waals surface area (Å²) in [6.45, 7) is 1.98. The zero-order valence-corrected chi connectivity index (χ0v) is 20.2. The van der Waals surface area contributed by atoms with Gasteiger partial charge in [0.1, 0.15) is 0 Å². The zero-order chi connectivity index (χ0) is 22.7. The zero-order valence-electron chi connectivity index (χ0n) is 19.4. The second kappa shape index (κ2) is 8.08. The fourth-order valence-corrected chi connectivity index (χ4v) is 8.42. The van der Waals surface area contributed by atoms with Crippen LogP contribution >= 0.6 is 11.8 Å². The van der Waals surface area contributed by atoms with E-state index >= 15 is 0 Å². The van der Waals surface area contributed by atoms with Crippen molar-refractivity contribution in [3.63, 3.8) is 0 Å². The first kappa shape index (κ1) is 20.9. The first-order valence-corrected chi connectivity index (χ1v) is 13.7. The van der Waals surface area contributed by atoms with Gasteiger partial charge < -0.3 is 9.32 Å². The standard InChI is InChI=1S/C27H30N4O2S/c32-23-22(34-26(28-23)31-7-2-1-3-8-31)13-17-5-4-6-21(12-17)24-29-30-25(33-24)27-14-18-9-19(15-27)11-20(10-18)16-27/h4-6,12-13,18-20H,1-3,7-11,14-16H2/b22-13-. The molecular weight excluding hydrogens is 444 g/mol. The van der Waals surface area contributed by atoms with E-state index < -0.39 is 0 Å². The highest BCUT2D eigenvalue weighted by Crippen LogP contribution is 2.60. The molecule has 4 aliphatic carbocycles. The van der Waals surface area contributed by atoms with Crippen LogP contribution in [0, 0.1) is 17.8 Å². The van der Waals surface area contributed by atoms with Crippen molar-refractivity contribution < 1.29 is 9.21 Å². The number of hydrogen-bond donors (Lipinski definition) is 0. The number of nitrogens with zero attached hydrogens (tertiary/aromatic N) is 4. The first-order chi connectivity index (χ1) is 16.6. The number of hydrogen-bond acceptors (Lipinski definition) is 6. The minimum absolute atomic E-state index is 0.106. The van der Waals surface area contributed by atoms with Gasteiger partial charge in [-0.2, -0.15) is 4.99 Å². The Bertz CT molecular complexity index is 1160. The fourth-order valence-electron chi connectivity index (χ4n) is 7.46. The largest absolute Gasteiger partial charge is 0.420 e. The predicted octanol–water partition coefficient (Wildman–Crippen LogP) is 5.66. The average molecular weight is 475 g/mol. The van der Waals surface area contributed by atoms with Gasteiger partial charge in [-0.25, -0.2) is 0 Å². The van der Waals surface area contributed by atoms with Crippen molar-refractivity contribution in [1.29, 1.82) is 0 Å². The summed E-state index contributed by atoms with van der Waals surface area (Å²) in [5.41, 5.74) is 1.97. The van der Waals surface area contributed by atoms with Crippen LogP contribution in [0.4, 0.5) is 0 Å². The van der Waals surface area contributed by atoms with Crippen LogP contribution in [-0.4, -0.2) is 39.3 Å². The van der Waals surface area contributed by atoms with Gasteiger partial charge in [-0.1, -0.05) is 12.1 Å². The molecule has 4 saturated carbocycles. The summed E-state index contributed by atoms with van der Waals surface area (Å²) < 4.78 is 6.35. The summed E-state index contributed by atoms with van der Waals surface area (Å²) in [5.74, 6) is 3.83. The lowest BCUT2D eigenvalue weighted by Crippen LogP contribution is -2.48. The number of aliphatic imine (C=N–C) groups is 1. The topological polar surface area (TPSA) is 71.6 Å². The van der Waals surface area contributed by atoms with Gasteiger partial charge in [0, 0.05) is 24.1 Å². The van der Waals surface area contributed by atoms with Crippen molar-refractivity contribution in [2.45, 2.75) is 63.2 Å². The molecule has 1 saturated heterocycles. The van der Waals surface area contributed by atoms with Crippen LogP contribution in [0.15, 0.2) is 38.6 Å². The summed E-state index contributed by atoms with van der Waals surface area (Å²) in [6, 6.07) is 8.06. The number of aromatic nitrogens is 2. The SMILES string of the molecule is O=C1N=C(N2CCCCC2)S/C1=C\c1cccc(-c2nnc(C34CC5CC(CC(C5)C3)C4)o2)c1. The predicted molar refractivity (Wildman–Crippen MR) is 133 cm³/mol. The molecule has 2 aromatic rings. The third kappa shape index (κ3) is 3.63. The smallest absolute Gasteiger partial charge is 0.286 e. The Kier molecular flexibility index (Phi) is 4.97. The van der Waals surface area contributed by atoms with E-state index in [0.717, 1.165) is 53.0 Å². The van der Waals surface area contributed by atoms with Crippen molar-refractivity contribution in [3.05, 3.63) is 40.6 Å². The normalized spacial score (nSPS) is 33.7. The monoisotopic (exact) mass is 474 g/mol. The Hall–Kier alpha value is -2.41. The van der Waals surface area contributed by atoms with Crippen LogP contribution in [0.2, 0.25) is 0 Å². The molecule has 176 valence electrons. The van der Waals surface area contributed by atoms with E-state index in [1.165, 1.54) is 69.5 Å². The van der Waals surface area contributed by atoms with Crippen molar-refractivity contribution in [3.8, 4) is 11.5 Å². The van der Waals surface area contributed by atoms with Crippen LogP contribution in [0.1, 0.15) is 69.2 Å². The Morgan fingerprint density at radius 3 is 2.47 bits per heavy atom. The Labute approximate surface area is 204 Å². The van der Waals surface area contributed by atoms with E-state index in [4.69, 9.17) is 4.42 Å². The molecule has 6 aliphatic rings. The molecule has 0 atom stereocenters. The molecule has 0 N–H and O–H groups in total. The summed E-state index contributed by atoms with van der Waals surface area (Å²) >= 11 is 1.49. The minimum Gasteiger partial charge on any atom is -0.420 e. The van der Waals surface area contributed by atoms with Gasteiger partial charge in [-0.3, -0.25) is 4.79 Å². The van der Waals surface area contributed by atoms with Gasteiger partial charge >= 0.3 is 0 Å². The number of carbonyl (C=O) groups excluding carboxylic acids is 1. The number of carbonyl (C=O) groups is 1. The number of piperidine rings is 1. The molecule has 2 aliphatic heterocycles. The summed E-state index contributed by atoms with van der Waals surface area (Å²) in [7, 11) is 0. The van der Waals surface area contributed by atoms with Crippen LogP contribution in [0.3, 0.4) is 0 Å². The first-order valence-electron chi connectivity index (χ1n) is 12.9. The molecule has 0 unspecified atom stereocenters. The quantitative estimate of drug-likeness (QED) is 0.535. The van der Waals surface area contributed by atoms with Crippen LogP contribution in [0.25, 0.3) is 17.5 Å². The lowest BCUT2D eigenvalue weighted by atomic mass is 9.49. The highest BCUT2D eigenvalue weighted by Gasteiger charge is 2.54. The third-order valence-electron chi connectivity index (χ3n) is 8.58. The molecule has 8 rings (SSSR count). The van der Waals surface area contributed by atoms with Crippen LogP contribution in [0.5, 0.6) is 0 Å². The minimum atomic E-state index is -0.141. The van der Waals surface area contributed by atoms with Gasteiger partial charge in [0.2, 0.25) is 11.8 Å². The summed E-state index contributed by atoms with van der Waals surface area (Å²) in [5, 5.41) is 9.89. The number of amides is 1. The van der Waals surface area contributed by atoms with Crippen molar-refractivity contribution in [2.24, 2.45) is 22.7 Å². The van der Waals surface area contributed by atoms with E-state index in [2.05, 4.69) is 20.1 Å². The highest BCUT2D eigenvalue weighted by atomic mass is 32.2. The van der Waals surface area contributed by atoms with E-state index in [-0.39, 0.29) is 11.3 Å². The number of amidine groups is 1. The summed E-state index contributed by atoms with van der Waals surface area (Å²) in [6.07, 6.45) is 13.4. The lowest BCUT2D eigenvalue weighted by Gasteiger charge is -2.55. The molecule has 1 aromatic carbocycles. The molecule has 1 aromatic heterocycles. The van der Waals surface area contributed by atoms with E-state index in [0.29, 0.717) is 10.8 Å². The second-order valence-corrected chi connectivity index (χ2v) is 12.1. The average Bonchev–Trinajstić information content (AvgIpc) is 3.47. The molecule has 34 heavy (non-hydrogen) atoms. The van der Waals surface area contributed by atoms with Crippen LogP contribution < -0.4 is 0 Å². The Morgan fingerprint density at radius 2 is 1.74 bits per heavy atom. The molecule has 4 bridgehead atoms. The Balaban J connectivity index is 1.11. The molecule has 6 nitrogen and oxygen atoms in total. The van der Waals surface area contributed by atoms with E-state index in [9.17, 15) is 4.79 Å². The second-order valence-electron chi connectivity index (χ2n) is 11.1. The van der Waals surface area contributed by atoms with Gasteiger partial charge in [-0.05, 0) is 111 Å². The van der Waals surface area contributed by atoms with Crippen molar-refractivity contribution in [1.82, 2.24) is 15.1 Å². The molecule has 1 amide bonds. The molecule has 7 heteroatoms. The molecule has 5 fully saturated rings. The lowest BCUT2D eigenvalue weighted by molar-refractivity contribution is -0.113. The summed E-state index contributed by atoms with van der Waals surface area (Å²) in [4.78, 5) is 19.8. The number of thioether (sulfide) groups is 1. The van der Waals surface area contributed by atoms with Gasteiger partial charge in [-0.15, -0.1) is 10.2 Å². The van der Waals surface area contributed by atoms with E-state index in [1.807, 2.05) is 30.3 Å². The maximum absolute atomic E-state index is 12.6. The highest BCUT2D eigenvalue weighted by molar-refractivity contribution is 8.18. The van der Waals surface area contributed by atoms with Crippen molar-refractivity contribution >= 4 is 28.9 Å². The molecule has 0 spiro atoms. The molecular formula is C27H30N4O2S. The maximum Gasteiger partial charge on any atom is 0.286 e. The number of benzene rings is 1. The maximum atomic E-state index is 12.6. The van der Waals surface area contributed by atoms with Gasteiger partial charge in [0.25, 0.3) is 5.91 Å². The molecule has 3 heterocycles.